The molecule has 0 aliphatic carbocycles. The van der Waals surface area contributed by atoms with E-state index in [0.717, 1.165) is 3.57 Å². The third kappa shape index (κ3) is 3.58. The largest absolute Gasteiger partial charge is 0.308 e. The van der Waals surface area contributed by atoms with Crippen molar-refractivity contribution in [1.82, 2.24) is 19.9 Å². The van der Waals surface area contributed by atoms with Gasteiger partial charge in [0.25, 0.3) is 5.56 Å². The smallest absolute Gasteiger partial charge is 0.258 e. The van der Waals surface area contributed by atoms with Crippen LogP contribution in [0.15, 0.2) is 34.3 Å². The van der Waals surface area contributed by atoms with Gasteiger partial charge in [-0.3, -0.25) is 9.59 Å². The molecule has 0 saturated heterocycles. The number of H-pyrrole nitrogens is 1. The SMILES string of the molecule is CSc1ncc(Cl)c(C(=O)C(C#N)c2nc3ccc(I)cc3c(=O)[nH]2)n1. The molecule has 1 atom stereocenters. The first-order valence-corrected chi connectivity index (χ1v) is 9.82. The fraction of sp³-hybridized carbons (Fsp3) is 0.125. The predicted octanol–water partition coefficient (Wildman–Crippen LogP) is 3.18. The van der Waals surface area contributed by atoms with Gasteiger partial charge in [-0.05, 0) is 47.0 Å². The summed E-state index contributed by atoms with van der Waals surface area (Å²) in [6, 6.07) is 7.01. The van der Waals surface area contributed by atoms with Crippen LogP contribution in [-0.2, 0) is 0 Å². The molecule has 0 aliphatic heterocycles. The Morgan fingerprint density at radius 2 is 2.19 bits per heavy atom. The van der Waals surface area contributed by atoms with Crippen molar-refractivity contribution < 1.29 is 4.79 Å². The fourth-order valence-electron chi connectivity index (χ4n) is 2.27. The Hall–Kier alpha value is -2.03. The molecule has 1 unspecified atom stereocenters. The van der Waals surface area contributed by atoms with Gasteiger partial charge in [0, 0.05) is 3.57 Å². The maximum Gasteiger partial charge on any atom is 0.258 e. The summed E-state index contributed by atoms with van der Waals surface area (Å²) < 4.78 is 0.875. The molecular formula is C16H9ClIN5O2S. The predicted molar refractivity (Wildman–Crippen MR) is 107 cm³/mol. The van der Waals surface area contributed by atoms with Crippen LogP contribution in [0.3, 0.4) is 0 Å². The monoisotopic (exact) mass is 497 g/mol. The number of benzene rings is 1. The number of aromatic amines is 1. The molecule has 0 aliphatic rings. The van der Waals surface area contributed by atoms with Crippen molar-refractivity contribution in [2.75, 3.05) is 6.26 Å². The van der Waals surface area contributed by atoms with Crippen molar-refractivity contribution >= 4 is 62.6 Å². The lowest BCUT2D eigenvalue weighted by Crippen LogP contribution is -2.21. The zero-order valence-corrected chi connectivity index (χ0v) is 16.9. The van der Waals surface area contributed by atoms with Crippen LogP contribution >= 0.6 is 46.0 Å². The molecular weight excluding hydrogens is 489 g/mol. The van der Waals surface area contributed by atoms with Crippen LogP contribution in [0.25, 0.3) is 10.9 Å². The van der Waals surface area contributed by atoms with E-state index in [-0.39, 0.29) is 16.5 Å². The summed E-state index contributed by atoms with van der Waals surface area (Å²) in [7, 11) is 0. The Morgan fingerprint density at radius 3 is 2.88 bits per heavy atom. The number of hydrogen-bond acceptors (Lipinski definition) is 7. The van der Waals surface area contributed by atoms with E-state index in [0.29, 0.717) is 16.1 Å². The number of nitrogens with one attached hydrogen (secondary N) is 1. The quantitative estimate of drug-likeness (QED) is 0.255. The van der Waals surface area contributed by atoms with Crippen molar-refractivity contribution in [2.45, 2.75) is 11.1 Å². The number of nitriles is 1. The summed E-state index contributed by atoms with van der Waals surface area (Å²) in [4.78, 5) is 40.0. The van der Waals surface area contributed by atoms with Crippen molar-refractivity contribution in [3.8, 4) is 6.07 Å². The van der Waals surface area contributed by atoms with Gasteiger partial charge in [-0.2, -0.15) is 5.26 Å². The van der Waals surface area contributed by atoms with E-state index in [9.17, 15) is 14.9 Å². The van der Waals surface area contributed by atoms with E-state index >= 15 is 0 Å². The van der Waals surface area contributed by atoms with Crippen LogP contribution in [0, 0.1) is 14.9 Å². The van der Waals surface area contributed by atoms with E-state index in [1.165, 1.54) is 18.0 Å². The second-order valence-corrected chi connectivity index (χ2v) is 7.52. The minimum absolute atomic E-state index is 0.0331. The molecule has 0 radical (unpaired) electrons. The molecule has 1 aromatic carbocycles. The lowest BCUT2D eigenvalue weighted by atomic mass is 10.0. The molecule has 130 valence electrons. The maximum absolute atomic E-state index is 12.8. The van der Waals surface area contributed by atoms with Crippen LogP contribution in [0.5, 0.6) is 0 Å². The molecule has 1 N–H and O–H groups in total. The summed E-state index contributed by atoms with van der Waals surface area (Å²) in [5.41, 5.74) is -0.103. The molecule has 10 heteroatoms. The van der Waals surface area contributed by atoms with Gasteiger partial charge in [0.2, 0.25) is 5.78 Å². The summed E-state index contributed by atoms with van der Waals surface area (Å²) in [5, 5.41) is 10.3. The Labute approximate surface area is 170 Å². The zero-order valence-electron chi connectivity index (χ0n) is 13.2. The first-order chi connectivity index (χ1) is 12.4. The lowest BCUT2D eigenvalue weighted by Gasteiger charge is -2.10. The van der Waals surface area contributed by atoms with E-state index in [2.05, 4.69) is 42.5 Å². The Balaban J connectivity index is 2.11. The maximum atomic E-state index is 12.8. The van der Waals surface area contributed by atoms with Gasteiger partial charge < -0.3 is 4.98 Å². The van der Waals surface area contributed by atoms with E-state index in [4.69, 9.17) is 11.6 Å². The van der Waals surface area contributed by atoms with Gasteiger partial charge in [0.1, 0.15) is 11.5 Å². The number of carbonyl (C=O) groups is 1. The molecule has 7 nitrogen and oxygen atoms in total. The molecule has 2 heterocycles. The Bertz CT molecular complexity index is 1130. The highest BCUT2D eigenvalue weighted by atomic mass is 127. The Kier molecular flexibility index (Phi) is 5.55. The highest BCUT2D eigenvalue weighted by Gasteiger charge is 2.28. The fourth-order valence-corrected chi connectivity index (χ4v) is 3.28. The van der Waals surface area contributed by atoms with Crippen molar-refractivity contribution in [3.05, 3.63) is 54.9 Å². The van der Waals surface area contributed by atoms with Crippen LogP contribution in [-0.4, -0.2) is 32.0 Å². The van der Waals surface area contributed by atoms with E-state index in [1.807, 2.05) is 6.07 Å². The molecule has 0 spiro atoms. The number of aromatic nitrogens is 4. The minimum Gasteiger partial charge on any atom is -0.308 e. The standard InChI is InChI=1S/C16H9ClIN5O2S/c1-26-16-20-6-10(17)12(22-16)13(24)9(5-19)14-21-11-3-2-7(18)4-8(11)15(25)23-14/h2-4,6,9H,1H3,(H,21,23,25). The van der Waals surface area contributed by atoms with Crippen LogP contribution in [0.4, 0.5) is 0 Å². The highest BCUT2D eigenvalue weighted by molar-refractivity contribution is 14.1. The number of hydrogen-bond donors (Lipinski definition) is 1. The van der Waals surface area contributed by atoms with Crippen molar-refractivity contribution in [1.29, 1.82) is 5.26 Å². The molecule has 0 amide bonds. The molecule has 0 saturated carbocycles. The number of carbonyl (C=O) groups excluding carboxylic acids is 1. The van der Waals surface area contributed by atoms with Gasteiger partial charge in [-0.1, -0.05) is 23.4 Å². The molecule has 2 aromatic heterocycles. The van der Waals surface area contributed by atoms with E-state index < -0.39 is 17.3 Å². The number of halogens is 2. The minimum atomic E-state index is -1.34. The first-order valence-electron chi connectivity index (χ1n) is 7.14. The highest BCUT2D eigenvalue weighted by Crippen LogP contribution is 2.24. The third-order valence-electron chi connectivity index (χ3n) is 3.49. The number of nitrogens with zero attached hydrogens (tertiary/aromatic N) is 4. The second kappa shape index (κ2) is 7.69. The topological polar surface area (TPSA) is 112 Å². The van der Waals surface area contributed by atoms with Gasteiger partial charge in [-0.25, -0.2) is 15.0 Å². The zero-order chi connectivity index (χ0) is 18.8. The van der Waals surface area contributed by atoms with Gasteiger partial charge in [-0.15, -0.1) is 0 Å². The summed E-state index contributed by atoms with van der Waals surface area (Å²) >= 11 is 9.35. The van der Waals surface area contributed by atoms with Crippen molar-refractivity contribution in [3.63, 3.8) is 0 Å². The van der Waals surface area contributed by atoms with Gasteiger partial charge in [0.05, 0.1) is 28.2 Å². The summed E-state index contributed by atoms with van der Waals surface area (Å²) in [5.74, 6) is -2.03. The number of rotatable bonds is 4. The number of ketones is 1. The van der Waals surface area contributed by atoms with Gasteiger partial charge >= 0.3 is 0 Å². The molecule has 0 fully saturated rings. The number of Topliss-reactive ketones (excluding diaryl/α,β-unsaturated/α-hetero) is 1. The second-order valence-electron chi connectivity index (χ2n) is 5.09. The van der Waals surface area contributed by atoms with Crippen LogP contribution in [0.1, 0.15) is 22.2 Å². The van der Waals surface area contributed by atoms with Gasteiger partial charge in [0.15, 0.2) is 11.1 Å². The Morgan fingerprint density at radius 1 is 1.42 bits per heavy atom. The molecule has 3 aromatic rings. The third-order valence-corrected chi connectivity index (χ3v) is 5.00. The van der Waals surface area contributed by atoms with Crippen LogP contribution in [0.2, 0.25) is 5.02 Å². The normalized spacial score (nSPS) is 11.9. The summed E-state index contributed by atoms with van der Waals surface area (Å²) in [6.45, 7) is 0. The molecule has 26 heavy (non-hydrogen) atoms. The average Bonchev–Trinajstić information content (AvgIpc) is 2.63. The van der Waals surface area contributed by atoms with E-state index in [1.54, 1.807) is 24.5 Å². The lowest BCUT2D eigenvalue weighted by molar-refractivity contribution is 0.0970. The average molecular weight is 498 g/mol. The number of thioether (sulfide) groups is 1. The van der Waals surface area contributed by atoms with Crippen LogP contribution < -0.4 is 5.56 Å². The summed E-state index contributed by atoms with van der Waals surface area (Å²) in [6.07, 6.45) is 3.06. The van der Waals surface area contributed by atoms with Crippen molar-refractivity contribution in [2.24, 2.45) is 0 Å². The first kappa shape index (κ1) is 18.8. The molecule has 0 bridgehead atoms. The molecule has 3 rings (SSSR count). The number of fused-ring (bicyclic) bond motifs is 1.